The maximum Gasteiger partial charge on any atom is 0.270 e. The average Bonchev–Trinajstić information content (AvgIpc) is 2.47. The SMILES string of the molecule is O=C(N[C@H]1CCCc2ccccc21)c1cc(Cl)ccn1. The zero-order valence-corrected chi connectivity index (χ0v) is 11.7. The predicted molar refractivity (Wildman–Crippen MR) is 78.8 cm³/mol. The molecule has 0 fully saturated rings. The molecule has 1 atom stereocenters. The highest BCUT2D eigenvalue weighted by molar-refractivity contribution is 6.30. The smallest absolute Gasteiger partial charge is 0.270 e. The van der Waals surface area contributed by atoms with Crippen LogP contribution in [0.25, 0.3) is 0 Å². The number of hydrogen-bond acceptors (Lipinski definition) is 2. The van der Waals surface area contributed by atoms with Gasteiger partial charge in [-0.05, 0) is 42.5 Å². The van der Waals surface area contributed by atoms with Crippen LogP contribution in [0.15, 0.2) is 42.6 Å². The Balaban J connectivity index is 1.81. The number of nitrogens with zero attached hydrogens (tertiary/aromatic N) is 1. The molecule has 0 unspecified atom stereocenters. The zero-order chi connectivity index (χ0) is 13.9. The van der Waals surface area contributed by atoms with Gasteiger partial charge < -0.3 is 5.32 Å². The lowest BCUT2D eigenvalue weighted by Gasteiger charge is -2.26. The summed E-state index contributed by atoms with van der Waals surface area (Å²) in [5, 5.41) is 3.58. The van der Waals surface area contributed by atoms with E-state index in [2.05, 4.69) is 22.4 Å². The fourth-order valence-corrected chi connectivity index (χ4v) is 2.82. The molecule has 0 bridgehead atoms. The van der Waals surface area contributed by atoms with Crippen LogP contribution in [0, 0.1) is 0 Å². The highest BCUT2D eigenvalue weighted by Gasteiger charge is 2.22. The van der Waals surface area contributed by atoms with Gasteiger partial charge >= 0.3 is 0 Å². The minimum Gasteiger partial charge on any atom is -0.344 e. The Bertz CT molecular complexity index is 642. The van der Waals surface area contributed by atoms with Gasteiger partial charge in [-0.2, -0.15) is 0 Å². The van der Waals surface area contributed by atoms with Gasteiger partial charge in [-0.3, -0.25) is 9.78 Å². The second-order valence-electron chi connectivity index (χ2n) is 4.98. The van der Waals surface area contributed by atoms with Crippen molar-refractivity contribution in [1.82, 2.24) is 10.3 Å². The number of benzene rings is 1. The Morgan fingerprint density at radius 3 is 3.00 bits per heavy atom. The van der Waals surface area contributed by atoms with Crippen LogP contribution >= 0.6 is 11.6 Å². The number of aromatic nitrogens is 1. The molecule has 1 aliphatic rings. The third kappa shape index (κ3) is 2.68. The van der Waals surface area contributed by atoms with Crippen molar-refractivity contribution in [2.75, 3.05) is 0 Å². The molecular formula is C16H15ClN2O. The number of rotatable bonds is 2. The third-order valence-electron chi connectivity index (χ3n) is 3.63. The topological polar surface area (TPSA) is 42.0 Å². The van der Waals surface area contributed by atoms with E-state index in [1.807, 2.05) is 12.1 Å². The number of halogens is 1. The fourth-order valence-electron chi connectivity index (χ4n) is 2.66. The lowest BCUT2D eigenvalue weighted by atomic mass is 9.87. The van der Waals surface area contributed by atoms with Gasteiger partial charge in [0.05, 0.1) is 6.04 Å². The summed E-state index contributed by atoms with van der Waals surface area (Å²) in [6.45, 7) is 0. The van der Waals surface area contributed by atoms with Crippen molar-refractivity contribution in [3.8, 4) is 0 Å². The lowest BCUT2D eigenvalue weighted by Crippen LogP contribution is -2.31. The second-order valence-corrected chi connectivity index (χ2v) is 5.41. The number of nitrogens with one attached hydrogen (secondary N) is 1. The van der Waals surface area contributed by atoms with Crippen LogP contribution in [-0.4, -0.2) is 10.9 Å². The molecule has 20 heavy (non-hydrogen) atoms. The van der Waals surface area contributed by atoms with Gasteiger partial charge in [0.1, 0.15) is 5.69 Å². The number of aryl methyl sites for hydroxylation is 1. The molecule has 1 amide bonds. The van der Waals surface area contributed by atoms with Crippen LogP contribution in [0.5, 0.6) is 0 Å². The number of fused-ring (bicyclic) bond motifs is 1. The maximum absolute atomic E-state index is 12.2. The Morgan fingerprint density at radius 1 is 1.30 bits per heavy atom. The molecule has 1 aliphatic carbocycles. The first-order valence-electron chi connectivity index (χ1n) is 6.74. The van der Waals surface area contributed by atoms with E-state index in [-0.39, 0.29) is 11.9 Å². The summed E-state index contributed by atoms with van der Waals surface area (Å²) in [5.41, 5.74) is 2.90. The van der Waals surface area contributed by atoms with Gasteiger partial charge in [0, 0.05) is 11.2 Å². The minimum absolute atomic E-state index is 0.0632. The molecule has 1 aromatic heterocycles. The van der Waals surface area contributed by atoms with E-state index >= 15 is 0 Å². The summed E-state index contributed by atoms with van der Waals surface area (Å²) >= 11 is 5.89. The number of carbonyl (C=O) groups is 1. The van der Waals surface area contributed by atoms with Crippen LogP contribution in [0.4, 0.5) is 0 Å². The van der Waals surface area contributed by atoms with Gasteiger partial charge in [0.15, 0.2) is 0 Å². The summed E-state index contributed by atoms with van der Waals surface area (Å²) in [4.78, 5) is 16.3. The molecule has 3 rings (SSSR count). The van der Waals surface area contributed by atoms with Crippen molar-refractivity contribution in [1.29, 1.82) is 0 Å². The number of pyridine rings is 1. The first-order chi connectivity index (χ1) is 9.74. The van der Waals surface area contributed by atoms with Gasteiger partial charge in [-0.1, -0.05) is 35.9 Å². The van der Waals surface area contributed by atoms with Gasteiger partial charge in [0.25, 0.3) is 5.91 Å². The van der Waals surface area contributed by atoms with E-state index in [0.29, 0.717) is 10.7 Å². The fraction of sp³-hybridized carbons (Fsp3) is 0.250. The molecule has 0 aliphatic heterocycles. The summed E-state index contributed by atoms with van der Waals surface area (Å²) in [6, 6.07) is 11.6. The standard InChI is InChI=1S/C16H15ClN2O/c17-12-8-9-18-15(10-12)16(20)19-14-7-3-5-11-4-1-2-6-13(11)14/h1-2,4,6,8-10,14H,3,5,7H2,(H,19,20)/t14-/m0/s1. The number of amides is 1. The Morgan fingerprint density at radius 2 is 2.15 bits per heavy atom. The van der Waals surface area contributed by atoms with Gasteiger partial charge in [-0.15, -0.1) is 0 Å². The molecule has 4 heteroatoms. The van der Waals surface area contributed by atoms with Crippen molar-refractivity contribution >= 4 is 17.5 Å². The summed E-state index contributed by atoms with van der Waals surface area (Å²) in [6.07, 6.45) is 4.68. The molecule has 102 valence electrons. The van der Waals surface area contributed by atoms with Crippen molar-refractivity contribution in [2.45, 2.75) is 25.3 Å². The van der Waals surface area contributed by atoms with Gasteiger partial charge in [-0.25, -0.2) is 0 Å². The number of hydrogen-bond donors (Lipinski definition) is 1. The first-order valence-corrected chi connectivity index (χ1v) is 7.12. The monoisotopic (exact) mass is 286 g/mol. The van der Waals surface area contributed by atoms with Crippen molar-refractivity contribution < 1.29 is 4.79 Å². The highest BCUT2D eigenvalue weighted by atomic mass is 35.5. The van der Waals surface area contributed by atoms with Crippen LogP contribution in [0.3, 0.4) is 0 Å². The van der Waals surface area contributed by atoms with E-state index in [9.17, 15) is 4.79 Å². The molecule has 1 N–H and O–H groups in total. The third-order valence-corrected chi connectivity index (χ3v) is 3.86. The van der Waals surface area contributed by atoms with Gasteiger partial charge in [0.2, 0.25) is 0 Å². The Labute approximate surface area is 123 Å². The van der Waals surface area contributed by atoms with Crippen molar-refractivity contribution in [3.63, 3.8) is 0 Å². The normalized spacial score (nSPS) is 17.4. The van der Waals surface area contributed by atoms with E-state index in [4.69, 9.17) is 11.6 Å². The van der Waals surface area contributed by atoms with E-state index in [1.54, 1.807) is 18.3 Å². The maximum atomic E-state index is 12.2. The second kappa shape index (κ2) is 5.63. The zero-order valence-electron chi connectivity index (χ0n) is 11.0. The molecule has 2 aromatic rings. The quantitative estimate of drug-likeness (QED) is 0.917. The summed E-state index contributed by atoms with van der Waals surface area (Å²) < 4.78 is 0. The first kappa shape index (κ1) is 13.1. The molecule has 0 radical (unpaired) electrons. The summed E-state index contributed by atoms with van der Waals surface area (Å²) in [5.74, 6) is -0.172. The molecular weight excluding hydrogens is 272 g/mol. The predicted octanol–water partition coefficient (Wildman–Crippen LogP) is 3.54. The summed E-state index contributed by atoms with van der Waals surface area (Å²) in [7, 11) is 0. The molecule has 1 heterocycles. The van der Waals surface area contributed by atoms with Crippen LogP contribution in [-0.2, 0) is 6.42 Å². The lowest BCUT2D eigenvalue weighted by molar-refractivity contribution is 0.0927. The van der Waals surface area contributed by atoms with E-state index in [0.717, 1.165) is 19.3 Å². The van der Waals surface area contributed by atoms with Crippen LogP contribution in [0.2, 0.25) is 5.02 Å². The molecule has 1 aromatic carbocycles. The van der Waals surface area contributed by atoms with Crippen LogP contribution < -0.4 is 5.32 Å². The Hall–Kier alpha value is -1.87. The molecule has 3 nitrogen and oxygen atoms in total. The van der Waals surface area contributed by atoms with Crippen molar-refractivity contribution in [2.24, 2.45) is 0 Å². The highest BCUT2D eigenvalue weighted by Crippen LogP contribution is 2.29. The molecule has 0 spiro atoms. The minimum atomic E-state index is -0.172. The van der Waals surface area contributed by atoms with E-state index < -0.39 is 0 Å². The largest absolute Gasteiger partial charge is 0.344 e. The number of carbonyl (C=O) groups excluding carboxylic acids is 1. The van der Waals surface area contributed by atoms with Crippen molar-refractivity contribution in [3.05, 3.63) is 64.4 Å². The van der Waals surface area contributed by atoms with E-state index in [1.165, 1.54) is 11.1 Å². The molecule has 0 saturated carbocycles. The molecule has 0 saturated heterocycles. The Kier molecular flexibility index (Phi) is 3.70. The van der Waals surface area contributed by atoms with Crippen LogP contribution in [0.1, 0.15) is 40.5 Å². The average molecular weight is 287 g/mol.